The van der Waals surface area contributed by atoms with E-state index in [4.69, 9.17) is 14.2 Å². The molecule has 0 spiro atoms. The summed E-state index contributed by atoms with van der Waals surface area (Å²) in [5, 5.41) is 0. The number of hydrogen-bond acceptors (Lipinski definition) is 6. The predicted octanol–water partition coefficient (Wildman–Crippen LogP) is 20.1. The molecule has 6 heteroatoms. The normalized spacial score (nSPS) is 12.8. The molecule has 0 aliphatic heterocycles. The maximum absolute atomic E-state index is 12.9. The van der Waals surface area contributed by atoms with E-state index in [2.05, 4.69) is 118 Å². The van der Waals surface area contributed by atoms with Crippen molar-refractivity contribution in [3.8, 4) is 0 Å². The number of esters is 3. The van der Waals surface area contributed by atoms with E-state index >= 15 is 0 Å². The predicted molar refractivity (Wildman–Crippen MR) is 307 cm³/mol. The van der Waals surface area contributed by atoms with Gasteiger partial charge in [0.25, 0.3) is 0 Å². The highest BCUT2D eigenvalue weighted by molar-refractivity contribution is 5.71. The van der Waals surface area contributed by atoms with Crippen molar-refractivity contribution in [2.75, 3.05) is 13.2 Å². The lowest BCUT2D eigenvalue weighted by Gasteiger charge is -2.18. The van der Waals surface area contributed by atoms with Crippen LogP contribution in [0.5, 0.6) is 0 Å². The van der Waals surface area contributed by atoms with Gasteiger partial charge in [0, 0.05) is 19.3 Å². The van der Waals surface area contributed by atoms with Crippen LogP contribution < -0.4 is 0 Å². The Morgan fingerprint density at radius 3 is 0.873 bits per heavy atom. The van der Waals surface area contributed by atoms with Crippen LogP contribution in [0.2, 0.25) is 0 Å². The summed E-state index contributed by atoms with van der Waals surface area (Å²) in [5.74, 6) is -0.904. The van der Waals surface area contributed by atoms with Gasteiger partial charge in [-0.05, 0) is 116 Å². The van der Waals surface area contributed by atoms with E-state index < -0.39 is 6.10 Å². The third-order valence-corrected chi connectivity index (χ3v) is 12.6. The molecule has 1 unspecified atom stereocenters. The fraction of sp³-hybridized carbons (Fsp3) is 0.708. The van der Waals surface area contributed by atoms with E-state index in [1.54, 1.807) is 0 Å². The van der Waals surface area contributed by atoms with Gasteiger partial charge in [0.2, 0.25) is 0 Å². The SMILES string of the molecule is CC/C=C\C/C=C\C/C=C\C/C=C\CCCCCCCCCCCCC(=O)OCC(COC(=O)CCCCCCC/C=C\CCCCCC)OC(=O)CCCCCCCCC/C=C\C/C=C\C/C=C\CC. The minimum atomic E-state index is -0.789. The summed E-state index contributed by atoms with van der Waals surface area (Å²) >= 11 is 0. The third kappa shape index (κ3) is 57.1. The van der Waals surface area contributed by atoms with Gasteiger partial charge in [0.05, 0.1) is 0 Å². The molecule has 0 fully saturated rings. The zero-order chi connectivity index (χ0) is 51.4. The van der Waals surface area contributed by atoms with Crippen LogP contribution in [0.3, 0.4) is 0 Å². The van der Waals surface area contributed by atoms with Gasteiger partial charge in [-0.15, -0.1) is 0 Å². The first kappa shape index (κ1) is 67.3. The van der Waals surface area contributed by atoms with Crippen molar-refractivity contribution in [2.24, 2.45) is 0 Å². The highest BCUT2D eigenvalue weighted by atomic mass is 16.6. The molecule has 0 radical (unpaired) electrons. The maximum Gasteiger partial charge on any atom is 0.306 e. The largest absolute Gasteiger partial charge is 0.462 e. The molecule has 0 aliphatic carbocycles. The van der Waals surface area contributed by atoms with Crippen LogP contribution in [0.1, 0.15) is 278 Å². The molecule has 0 aliphatic rings. The molecule has 0 saturated heterocycles. The van der Waals surface area contributed by atoms with E-state index in [1.165, 1.54) is 122 Å². The van der Waals surface area contributed by atoms with Gasteiger partial charge in [-0.3, -0.25) is 14.4 Å². The molecule has 71 heavy (non-hydrogen) atoms. The molecule has 406 valence electrons. The average molecular weight is 988 g/mol. The van der Waals surface area contributed by atoms with Gasteiger partial charge >= 0.3 is 17.9 Å². The van der Waals surface area contributed by atoms with Crippen LogP contribution in [-0.4, -0.2) is 37.2 Å². The Balaban J connectivity index is 4.36. The molecule has 0 amide bonds. The van der Waals surface area contributed by atoms with E-state index in [0.717, 1.165) is 116 Å². The molecular weight excluding hydrogens is 877 g/mol. The third-order valence-electron chi connectivity index (χ3n) is 12.6. The number of carbonyl (C=O) groups is 3. The van der Waals surface area contributed by atoms with Crippen molar-refractivity contribution in [1.29, 1.82) is 0 Å². The lowest BCUT2D eigenvalue weighted by atomic mass is 10.1. The Bertz CT molecular complexity index is 1410. The minimum absolute atomic E-state index is 0.0863. The Labute approximate surface area is 438 Å². The number of hydrogen-bond donors (Lipinski definition) is 0. The van der Waals surface area contributed by atoms with Crippen LogP contribution in [-0.2, 0) is 28.6 Å². The second-order valence-corrected chi connectivity index (χ2v) is 19.5. The standard InChI is InChI=1S/C65H110O6/c1-4-7-10-13-16-19-22-25-27-29-30-31-32-33-34-36-37-40-43-46-49-52-55-58-64(67)70-61-62(60-69-63(66)57-54-51-48-45-42-39-24-21-18-15-12-9-6-3)71-65(68)59-56-53-50-47-44-41-38-35-28-26-23-20-17-14-11-8-5-2/h7-8,10-11,16-17,19-21,24-28,30-31,62H,4-6,9,12-15,18,22-23,29,32-61H2,1-3H3/b10-7-,11-8-,19-16-,20-17-,24-21-,27-25-,28-26-,31-30-. The summed E-state index contributed by atoms with van der Waals surface area (Å²) < 4.78 is 16.9. The fourth-order valence-electron chi connectivity index (χ4n) is 8.15. The quantitative estimate of drug-likeness (QED) is 0.0261. The summed E-state index contributed by atoms with van der Waals surface area (Å²) in [7, 11) is 0. The molecule has 0 heterocycles. The first-order chi connectivity index (χ1) is 35.0. The van der Waals surface area contributed by atoms with Crippen LogP contribution in [0.15, 0.2) is 97.2 Å². The van der Waals surface area contributed by atoms with Gasteiger partial charge in [-0.25, -0.2) is 0 Å². The molecule has 0 saturated carbocycles. The van der Waals surface area contributed by atoms with Gasteiger partial charge in [-0.2, -0.15) is 0 Å². The second-order valence-electron chi connectivity index (χ2n) is 19.5. The zero-order valence-electron chi connectivity index (χ0n) is 46.5. The van der Waals surface area contributed by atoms with E-state index in [9.17, 15) is 14.4 Å². The van der Waals surface area contributed by atoms with Crippen LogP contribution in [0, 0.1) is 0 Å². The monoisotopic (exact) mass is 987 g/mol. The van der Waals surface area contributed by atoms with Crippen molar-refractivity contribution in [2.45, 2.75) is 284 Å². The van der Waals surface area contributed by atoms with Crippen molar-refractivity contribution in [3.63, 3.8) is 0 Å². The van der Waals surface area contributed by atoms with Crippen molar-refractivity contribution < 1.29 is 28.6 Å². The lowest BCUT2D eigenvalue weighted by molar-refractivity contribution is -0.167. The van der Waals surface area contributed by atoms with Crippen LogP contribution >= 0.6 is 0 Å². The summed E-state index contributed by atoms with van der Waals surface area (Å²) in [6.07, 6.45) is 78.3. The van der Waals surface area contributed by atoms with Gasteiger partial charge in [-0.1, -0.05) is 240 Å². The highest BCUT2D eigenvalue weighted by Gasteiger charge is 2.19. The smallest absolute Gasteiger partial charge is 0.306 e. The van der Waals surface area contributed by atoms with Crippen LogP contribution in [0.25, 0.3) is 0 Å². The molecule has 0 bridgehead atoms. The fourth-order valence-corrected chi connectivity index (χ4v) is 8.15. The summed E-state index contributed by atoms with van der Waals surface area (Å²) in [4.78, 5) is 38.2. The minimum Gasteiger partial charge on any atom is -0.462 e. The van der Waals surface area contributed by atoms with Gasteiger partial charge in [0.15, 0.2) is 6.10 Å². The van der Waals surface area contributed by atoms with E-state index in [0.29, 0.717) is 19.3 Å². The summed E-state index contributed by atoms with van der Waals surface area (Å²) in [6.45, 7) is 6.40. The topological polar surface area (TPSA) is 78.9 Å². The molecule has 6 nitrogen and oxygen atoms in total. The summed E-state index contributed by atoms with van der Waals surface area (Å²) in [5.41, 5.74) is 0. The van der Waals surface area contributed by atoms with E-state index in [-0.39, 0.29) is 31.1 Å². The average Bonchev–Trinajstić information content (AvgIpc) is 3.37. The van der Waals surface area contributed by atoms with Gasteiger partial charge in [0.1, 0.15) is 13.2 Å². The first-order valence-electron chi connectivity index (χ1n) is 29.7. The Hall–Kier alpha value is -3.67. The Kier molecular flexibility index (Phi) is 55.9. The Morgan fingerprint density at radius 2 is 0.549 bits per heavy atom. The molecule has 1 atom stereocenters. The number of unbranched alkanes of at least 4 members (excludes halogenated alkanes) is 26. The number of carbonyl (C=O) groups excluding carboxylic acids is 3. The second kappa shape index (κ2) is 58.9. The maximum atomic E-state index is 12.9. The number of ether oxygens (including phenoxy) is 3. The summed E-state index contributed by atoms with van der Waals surface area (Å²) in [6, 6.07) is 0. The Morgan fingerprint density at radius 1 is 0.296 bits per heavy atom. The molecular formula is C65H110O6. The highest BCUT2D eigenvalue weighted by Crippen LogP contribution is 2.15. The van der Waals surface area contributed by atoms with E-state index in [1.807, 2.05) is 0 Å². The van der Waals surface area contributed by atoms with Crippen molar-refractivity contribution in [1.82, 2.24) is 0 Å². The van der Waals surface area contributed by atoms with Gasteiger partial charge < -0.3 is 14.2 Å². The first-order valence-corrected chi connectivity index (χ1v) is 29.7. The van der Waals surface area contributed by atoms with Crippen molar-refractivity contribution in [3.05, 3.63) is 97.2 Å². The zero-order valence-corrected chi connectivity index (χ0v) is 46.5. The molecule has 0 aromatic heterocycles. The molecule has 0 rings (SSSR count). The molecule has 0 aromatic carbocycles. The molecule has 0 aromatic rings. The van der Waals surface area contributed by atoms with Crippen LogP contribution in [0.4, 0.5) is 0 Å². The lowest BCUT2D eigenvalue weighted by Crippen LogP contribution is -2.30. The van der Waals surface area contributed by atoms with Crippen molar-refractivity contribution >= 4 is 17.9 Å². The molecule has 0 N–H and O–H groups in total. The number of rotatable bonds is 53. The number of allylic oxidation sites excluding steroid dienone is 16.